The van der Waals surface area contributed by atoms with Gasteiger partial charge < -0.3 is 5.32 Å². The van der Waals surface area contributed by atoms with Gasteiger partial charge in [-0.05, 0) is 37.8 Å². The maximum atomic E-state index is 11.6. The molecule has 3 nitrogen and oxygen atoms in total. The van der Waals surface area contributed by atoms with Gasteiger partial charge in [0, 0.05) is 0 Å². The minimum atomic E-state index is -2.74. The van der Waals surface area contributed by atoms with Gasteiger partial charge in [-0.25, -0.2) is 8.42 Å². The fourth-order valence-electron chi connectivity index (χ4n) is 3.22. The first-order valence-electron chi connectivity index (χ1n) is 8.50. The summed E-state index contributed by atoms with van der Waals surface area (Å²) in [5.74, 6) is 1.79. The molecule has 2 unspecified atom stereocenters. The van der Waals surface area contributed by atoms with Gasteiger partial charge in [0.1, 0.15) is 0 Å². The van der Waals surface area contributed by atoms with E-state index in [9.17, 15) is 8.42 Å². The summed E-state index contributed by atoms with van der Waals surface area (Å²) in [4.78, 5) is 0. The molecule has 0 aromatic heterocycles. The first-order valence-corrected chi connectivity index (χ1v) is 10.3. The van der Waals surface area contributed by atoms with Gasteiger partial charge >= 0.3 is 0 Å². The number of unbranched alkanes of at least 4 members (excludes halogenated alkanes) is 5. The van der Waals surface area contributed by atoms with E-state index in [0.29, 0.717) is 23.3 Å². The van der Waals surface area contributed by atoms with Crippen LogP contribution >= 0.6 is 0 Å². The fraction of sp³-hybridized carbons (Fsp3) is 1.00. The highest BCUT2D eigenvalue weighted by atomic mass is 32.2. The zero-order valence-corrected chi connectivity index (χ0v) is 14.2. The average molecular weight is 304 g/mol. The van der Waals surface area contributed by atoms with E-state index in [-0.39, 0.29) is 0 Å². The molecule has 1 saturated heterocycles. The van der Waals surface area contributed by atoms with Gasteiger partial charge in [0.2, 0.25) is 0 Å². The Morgan fingerprint density at radius 3 is 2.40 bits per heavy atom. The largest absolute Gasteiger partial charge is 0.317 e. The van der Waals surface area contributed by atoms with Crippen LogP contribution < -0.4 is 5.32 Å². The number of hydrogen-bond donors (Lipinski definition) is 1. The Morgan fingerprint density at radius 1 is 1.10 bits per heavy atom. The topological polar surface area (TPSA) is 46.2 Å². The smallest absolute Gasteiger partial charge is 0.150 e. The maximum Gasteiger partial charge on any atom is 0.150 e. The highest BCUT2D eigenvalue weighted by Crippen LogP contribution is 2.29. The molecule has 0 bridgehead atoms. The van der Waals surface area contributed by atoms with Gasteiger partial charge in [-0.1, -0.05) is 52.4 Å². The van der Waals surface area contributed by atoms with Crippen LogP contribution in [0.25, 0.3) is 0 Å². The molecule has 0 radical (unpaired) electrons. The van der Waals surface area contributed by atoms with E-state index in [0.717, 1.165) is 19.5 Å². The monoisotopic (exact) mass is 303 g/mol. The van der Waals surface area contributed by atoms with Crippen LogP contribution in [-0.4, -0.2) is 33.0 Å². The lowest BCUT2D eigenvalue weighted by Gasteiger charge is -2.23. The molecule has 0 amide bonds. The third kappa shape index (κ3) is 7.07. The third-order valence-corrected chi connectivity index (χ3v) is 6.31. The normalized spacial score (nSPS) is 23.0. The Balaban J connectivity index is 2.29. The zero-order valence-electron chi connectivity index (χ0n) is 13.4. The first kappa shape index (κ1) is 18.0. The van der Waals surface area contributed by atoms with Crippen LogP contribution in [0.1, 0.15) is 65.2 Å². The van der Waals surface area contributed by atoms with Crippen LogP contribution in [0.5, 0.6) is 0 Å². The Labute approximate surface area is 125 Å². The molecule has 0 aromatic rings. The Kier molecular flexibility index (Phi) is 8.78. The highest BCUT2D eigenvalue weighted by Gasteiger charge is 2.32. The Bertz CT molecular complexity index is 340. The molecule has 0 aromatic carbocycles. The molecule has 0 saturated carbocycles. The summed E-state index contributed by atoms with van der Waals surface area (Å²) in [5.41, 5.74) is 0. The molecule has 1 rings (SSSR count). The van der Waals surface area contributed by atoms with Crippen molar-refractivity contribution in [2.24, 2.45) is 11.8 Å². The molecule has 1 aliphatic rings. The number of rotatable bonds is 11. The van der Waals surface area contributed by atoms with Crippen molar-refractivity contribution in [3.8, 4) is 0 Å². The van der Waals surface area contributed by atoms with Gasteiger partial charge in [0.05, 0.1) is 11.5 Å². The molecule has 0 spiro atoms. The minimum absolute atomic E-state index is 0.398. The van der Waals surface area contributed by atoms with Crippen LogP contribution in [0, 0.1) is 11.8 Å². The molecule has 1 fully saturated rings. The van der Waals surface area contributed by atoms with E-state index in [4.69, 9.17) is 0 Å². The quantitative estimate of drug-likeness (QED) is 0.595. The van der Waals surface area contributed by atoms with Crippen LogP contribution in [-0.2, 0) is 9.84 Å². The number of sulfone groups is 1. The fourth-order valence-corrected chi connectivity index (χ4v) is 5.14. The van der Waals surface area contributed by atoms with E-state index in [1.807, 2.05) is 0 Å². The number of hydrogen-bond acceptors (Lipinski definition) is 3. The highest BCUT2D eigenvalue weighted by molar-refractivity contribution is 7.91. The van der Waals surface area contributed by atoms with Crippen molar-refractivity contribution in [3.05, 3.63) is 0 Å². The lowest BCUT2D eigenvalue weighted by Crippen LogP contribution is -2.29. The standard InChI is InChI=1S/C16H33NO2S/c1-3-5-6-7-8-9-10-15(13-17-4-2)16-11-12-20(18,19)14-16/h15-17H,3-14H2,1-2H3. The van der Waals surface area contributed by atoms with Crippen molar-refractivity contribution >= 4 is 9.84 Å². The summed E-state index contributed by atoms with van der Waals surface area (Å²) < 4.78 is 23.3. The van der Waals surface area contributed by atoms with Crippen LogP contribution in [0.15, 0.2) is 0 Å². The van der Waals surface area contributed by atoms with E-state index < -0.39 is 9.84 Å². The van der Waals surface area contributed by atoms with Crippen molar-refractivity contribution < 1.29 is 8.42 Å². The molecule has 2 atom stereocenters. The van der Waals surface area contributed by atoms with E-state index >= 15 is 0 Å². The maximum absolute atomic E-state index is 11.6. The van der Waals surface area contributed by atoms with Gasteiger partial charge in [-0.3, -0.25) is 0 Å². The summed E-state index contributed by atoms with van der Waals surface area (Å²) in [5, 5.41) is 3.42. The zero-order chi connectivity index (χ0) is 14.8. The molecule has 20 heavy (non-hydrogen) atoms. The average Bonchev–Trinajstić information content (AvgIpc) is 2.77. The van der Waals surface area contributed by atoms with Crippen molar-refractivity contribution in [2.45, 2.75) is 65.2 Å². The predicted molar refractivity (Wildman–Crippen MR) is 86.8 cm³/mol. The summed E-state index contributed by atoms with van der Waals surface area (Å²) in [6.45, 7) is 6.33. The first-order chi connectivity index (χ1) is 9.59. The van der Waals surface area contributed by atoms with Crippen molar-refractivity contribution in [2.75, 3.05) is 24.6 Å². The van der Waals surface area contributed by atoms with Gasteiger partial charge in [-0.2, -0.15) is 0 Å². The Hall–Kier alpha value is -0.0900. The van der Waals surface area contributed by atoms with Crippen LogP contribution in [0.3, 0.4) is 0 Å². The molecule has 120 valence electrons. The molecule has 1 aliphatic heterocycles. The molecular weight excluding hydrogens is 270 g/mol. The molecular formula is C16H33NO2S. The van der Waals surface area contributed by atoms with Gasteiger partial charge in [-0.15, -0.1) is 0 Å². The summed E-state index contributed by atoms with van der Waals surface area (Å²) in [7, 11) is -2.74. The second kappa shape index (κ2) is 9.78. The van der Waals surface area contributed by atoms with Crippen molar-refractivity contribution in [3.63, 3.8) is 0 Å². The SMILES string of the molecule is CCCCCCCCC(CNCC)C1CCS(=O)(=O)C1. The summed E-state index contributed by atoms with van der Waals surface area (Å²) in [6, 6.07) is 0. The summed E-state index contributed by atoms with van der Waals surface area (Å²) in [6.07, 6.45) is 9.98. The lowest BCUT2D eigenvalue weighted by atomic mass is 9.87. The Morgan fingerprint density at radius 2 is 1.80 bits per heavy atom. The predicted octanol–water partition coefficient (Wildman–Crippen LogP) is 3.40. The molecule has 4 heteroatoms. The van der Waals surface area contributed by atoms with Crippen molar-refractivity contribution in [1.29, 1.82) is 0 Å². The lowest BCUT2D eigenvalue weighted by molar-refractivity contribution is 0.316. The molecule has 1 N–H and O–H groups in total. The van der Waals surface area contributed by atoms with E-state index in [1.54, 1.807) is 0 Å². The van der Waals surface area contributed by atoms with Gasteiger partial charge in [0.25, 0.3) is 0 Å². The van der Waals surface area contributed by atoms with Gasteiger partial charge in [0.15, 0.2) is 9.84 Å². The van der Waals surface area contributed by atoms with Crippen molar-refractivity contribution in [1.82, 2.24) is 5.32 Å². The number of nitrogens with one attached hydrogen (secondary N) is 1. The molecule has 0 aliphatic carbocycles. The second-order valence-corrected chi connectivity index (χ2v) is 8.52. The van der Waals surface area contributed by atoms with Crippen LogP contribution in [0.2, 0.25) is 0 Å². The minimum Gasteiger partial charge on any atom is -0.317 e. The van der Waals surface area contributed by atoms with Crippen LogP contribution in [0.4, 0.5) is 0 Å². The molecule has 1 heterocycles. The van der Waals surface area contributed by atoms with E-state index in [1.165, 1.54) is 44.9 Å². The van der Waals surface area contributed by atoms with E-state index in [2.05, 4.69) is 19.2 Å². The second-order valence-electron chi connectivity index (χ2n) is 6.29. The third-order valence-electron chi connectivity index (χ3n) is 4.52. The summed E-state index contributed by atoms with van der Waals surface area (Å²) >= 11 is 0.